The van der Waals surface area contributed by atoms with Crippen LogP contribution in [0.2, 0.25) is 10.0 Å². The predicted octanol–water partition coefficient (Wildman–Crippen LogP) is 1.89. The molecule has 0 aliphatic carbocycles. The van der Waals surface area contributed by atoms with Gasteiger partial charge in [0.2, 0.25) is 5.78 Å². The lowest BCUT2D eigenvalue weighted by Crippen LogP contribution is -2.31. The minimum atomic E-state index is -0.717. The molecule has 0 fully saturated rings. The minimum absolute atomic E-state index is 0.00966. The van der Waals surface area contributed by atoms with Crippen LogP contribution in [0.5, 0.6) is 0 Å². The van der Waals surface area contributed by atoms with Crippen molar-refractivity contribution >= 4 is 29.0 Å². The Morgan fingerprint density at radius 1 is 1.00 bits per heavy atom. The Labute approximate surface area is 179 Å². The summed E-state index contributed by atoms with van der Waals surface area (Å²) in [4.78, 5) is 51.0. The van der Waals surface area contributed by atoms with Crippen molar-refractivity contribution in [2.75, 3.05) is 0 Å². The molecule has 9 nitrogen and oxygen atoms in total. The first-order valence-electron chi connectivity index (χ1n) is 8.81. The standard InChI is InChI=1S/C19H17Cl2N5O4/c1-8(2)10-7-13(23-25(3)18(10)29)16(27)14-11(20)5-9(6-12(14)21)15-17(28)22-19(30)26(4)24-15/h5-8H,1-4H3,(H,22,28,30). The summed E-state index contributed by atoms with van der Waals surface area (Å²) in [5.41, 5.74) is -1.12. The van der Waals surface area contributed by atoms with Crippen molar-refractivity contribution in [2.24, 2.45) is 14.1 Å². The van der Waals surface area contributed by atoms with Crippen LogP contribution in [0, 0.1) is 0 Å². The first kappa shape index (κ1) is 21.7. The lowest BCUT2D eigenvalue weighted by Gasteiger charge is -2.12. The summed E-state index contributed by atoms with van der Waals surface area (Å²) in [5, 5.41) is 7.88. The summed E-state index contributed by atoms with van der Waals surface area (Å²) in [6.45, 7) is 3.66. The highest BCUT2D eigenvalue weighted by atomic mass is 35.5. The maximum absolute atomic E-state index is 13.1. The maximum atomic E-state index is 13.1. The van der Waals surface area contributed by atoms with Crippen molar-refractivity contribution in [2.45, 2.75) is 19.8 Å². The van der Waals surface area contributed by atoms with Gasteiger partial charge in [-0.15, -0.1) is 0 Å². The number of aryl methyl sites for hydroxylation is 2. The van der Waals surface area contributed by atoms with E-state index in [4.69, 9.17) is 23.2 Å². The number of hydrogen-bond donors (Lipinski definition) is 1. The van der Waals surface area contributed by atoms with Crippen molar-refractivity contribution < 1.29 is 4.79 Å². The quantitative estimate of drug-likeness (QED) is 0.607. The second-order valence-electron chi connectivity index (χ2n) is 6.94. The zero-order chi connectivity index (χ0) is 22.3. The zero-order valence-electron chi connectivity index (χ0n) is 16.5. The molecule has 0 saturated heterocycles. The molecule has 0 bridgehead atoms. The number of carbonyl (C=O) groups is 1. The molecule has 0 saturated carbocycles. The summed E-state index contributed by atoms with van der Waals surface area (Å²) >= 11 is 12.6. The second kappa shape index (κ2) is 8.00. The molecule has 0 aliphatic heterocycles. The Morgan fingerprint density at radius 3 is 2.17 bits per heavy atom. The van der Waals surface area contributed by atoms with Gasteiger partial charge in [-0.2, -0.15) is 10.2 Å². The number of nitrogens with one attached hydrogen (secondary N) is 1. The monoisotopic (exact) mass is 449 g/mol. The molecule has 30 heavy (non-hydrogen) atoms. The fourth-order valence-corrected chi connectivity index (χ4v) is 3.54. The largest absolute Gasteiger partial charge is 0.344 e. The molecule has 0 atom stereocenters. The van der Waals surface area contributed by atoms with E-state index in [0.717, 1.165) is 9.36 Å². The average Bonchev–Trinajstić information content (AvgIpc) is 2.65. The van der Waals surface area contributed by atoms with Crippen LogP contribution in [0.4, 0.5) is 0 Å². The summed E-state index contributed by atoms with van der Waals surface area (Å²) in [6, 6.07) is 4.14. The molecule has 0 aliphatic rings. The van der Waals surface area contributed by atoms with Crippen molar-refractivity contribution in [1.82, 2.24) is 24.5 Å². The Bertz CT molecular complexity index is 1330. The van der Waals surface area contributed by atoms with E-state index in [0.29, 0.717) is 5.56 Å². The van der Waals surface area contributed by atoms with Gasteiger partial charge in [0.1, 0.15) is 5.69 Å². The number of H-pyrrole nitrogens is 1. The Hall–Kier alpha value is -3.04. The molecule has 156 valence electrons. The highest BCUT2D eigenvalue weighted by molar-refractivity contribution is 6.41. The van der Waals surface area contributed by atoms with Crippen LogP contribution in [0.15, 0.2) is 32.6 Å². The number of halogens is 2. The number of ketones is 1. The predicted molar refractivity (Wildman–Crippen MR) is 113 cm³/mol. The third-order valence-electron chi connectivity index (χ3n) is 4.47. The summed E-state index contributed by atoms with van der Waals surface area (Å²) in [5.74, 6) is -0.689. The third kappa shape index (κ3) is 3.86. The van der Waals surface area contributed by atoms with Gasteiger partial charge in [0.25, 0.3) is 11.1 Å². The van der Waals surface area contributed by atoms with Gasteiger partial charge < -0.3 is 0 Å². The topological polar surface area (TPSA) is 120 Å². The number of aromatic amines is 1. The van der Waals surface area contributed by atoms with Gasteiger partial charge in [-0.25, -0.2) is 14.2 Å². The van der Waals surface area contributed by atoms with Crippen LogP contribution < -0.4 is 16.8 Å². The van der Waals surface area contributed by atoms with Crippen LogP contribution in [0.1, 0.15) is 41.4 Å². The van der Waals surface area contributed by atoms with Crippen molar-refractivity contribution in [3.05, 3.63) is 76.3 Å². The molecule has 0 radical (unpaired) electrons. The lowest BCUT2D eigenvalue weighted by atomic mass is 10.0. The van der Waals surface area contributed by atoms with E-state index in [2.05, 4.69) is 15.2 Å². The van der Waals surface area contributed by atoms with Gasteiger partial charge in [0.15, 0.2) is 5.69 Å². The summed E-state index contributed by atoms with van der Waals surface area (Å²) < 4.78 is 2.05. The number of carbonyl (C=O) groups excluding carboxylic acids is 1. The highest BCUT2D eigenvalue weighted by Gasteiger charge is 2.23. The molecular weight excluding hydrogens is 433 g/mol. The van der Waals surface area contributed by atoms with Crippen LogP contribution in [-0.2, 0) is 14.1 Å². The first-order chi connectivity index (χ1) is 14.0. The molecular formula is C19H17Cl2N5O4. The number of rotatable bonds is 4. The van der Waals surface area contributed by atoms with E-state index in [9.17, 15) is 19.2 Å². The van der Waals surface area contributed by atoms with Crippen molar-refractivity contribution in [3.63, 3.8) is 0 Å². The number of hydrogen-bond acceptors (Lipinski definition) is 6. The molecule has 0 spiro atoms. The van der Waals surface area contributed by atoms with E-state index in [1.165, 1.54) is 32.3 Å². The van der Waals surface area contributed by atoms with Gasteiger partial charge in [0, 0.05) is 25.2 Å². The Balaban J connectivity index is 2.15. The SMILES string of the molecule is CC(C)c1cc(C(=O)c2c(Cl)cc(-c3nn(C)c(=O)[nH]c3=O)cc2Cl)nn(C)c1=O. The molecule has 2 aromatic heterocycles. The van der Waals surface area contributed by atoms with E-state index < -0.39 is 17.0 Å². The molecule has 1 aromatic carbocycles. The Kier molecular flexibility index (Phi) is 5.78. The van der Waals surface area contributed by atoms with Gasteiger partial charge >= 0.3 is 5.69 Å². The van der Waals surface area contributed by atoms with E-state index in [1.807, 2.05) is 13.8 Å². The average molecular weight is 450 g/mol. The molecule has 0 unspecified atom stereocenters. The van der Waals surface area contributed by atoms with Gasteiger partial charge in [-0.05, 0) is 24.1 Å². The van der Waals surface area contributed by atoms with Gasteiger partial charge in [-0.1, -0.05) is 37.0 Å². The van der Waals surface area contributed by atoms with Crippen molar-refractivity contribution in [3.8, 4) is 11.3 Å². The van der Waals surface area contributed by atoms with Crippen LogP contribution in [0.25, 0.3) is 11.3 Å². The molecule has 1 N–H and O–H groups in total. The number of benzene rings is 1. The fourth-order valence-electron chi connectivity index (χ4n) is 2.88. The maximum Gasteiger partial charge on any atom is 0.344 e. The van der Waals surface area contributed by atoms with Crippen LogP contribution in [-0.4, -0.2) is 30.3 Å². The van der Waals surface area contributed by atoms with Crippen molar-refractivity contribution in [1.29, 1.82) is 0 Å². The third-order valence-corrected chi connectivity index (χ3v) is 5.06. The number of nitrogens with zero attached hydrogens (tertiary/aromatic N) is 4. The minimum Gasteiger partial charge on any atom is -0.287 e. The summed E-state index contributed by atoms with van der Waals surface area (Å²) in [6.07, 6.45) is 0. The van der Waals surface area contributed by atoms with Crippen LogP contribution >= 0.6 is 23.2 Å². The molecule has 3 aromatic rings. The Morgan fingerprint density at radius 2 is 1.60 bits per heavy atom. The van der Waals surface area contributed by atoms with E-state index in [-0.39, 0.29) is 44.0 Å². The van der Waals surface area contributed by atoms with E-state index >= 15 is 0 Å². The second-order valence-corrected chi connectivity index (χ2v) is 7.76. The van der Waals surface area contributed by atoms with Gasteiger partial charge in [-0.3, -0.25) is 19.4 Å². The summed E-state index contributed by atoms with van der Waals surface area (Å²) in [7, 11) is 2.83. The molecule has 0 amide bonds. The van der Waals surface area contributed by atoms with E-state index in [1.54, 1.807) is 0 Å². The molecule has 11 heteroatoms. The zero-order valence-corrected chi connectivity index (χ0v) is 18.0. The van der Waals surface area contributed by atoms with Gasteiger partial charge in [0.05, 0.1) is 15.6 Å². The normalized spacial score (nSPS) is 11.2. The van der Waals surface area contributed by atoms with Crippen LogP contribution in [0.3, 0.4) is 0 Å². The molecule has 2 heterocycles. The smallest absolute Gasteiger partial charge is 0.287 e. The fraction of sp³-hybridized carbons (Fsp3) is 0.263. The lowest BCUT2D eigenvalue weighted by molar-refractivity contribution is 0.103. The molecule has 3 rings (SSSR count). The first-order valence-corrected chi connectivity index (χ1v) is 9.56. The highest BCUT2D eigenvalue weighted by Crippen LogP contribution is 2.31. The number of aromatic nitrogens is 5.